The molecule has 2 heterocycles. The normalized spacial score (nSPS) is 20.2. The molecule has 2 aromatic carbocycles. The summed E-state index contributed by atoms with van der Waals surface area (Å²) in [6.07, 6.45) is 2.73. The minimum absolute atomic E-state index is 0.0948. The van der Waals surface area contributed by atoms with Crippen LogP contribution in [0, 0.1) is 0 Å². The maximum atomic E-state index is 13.3. The van der Waals surface area contributed by atoms with Crippen LogP contribution in [0.25, 0.3) is 0 Å². The van der Waals surface area contributed by atoms with E-state index in [4.69, 9.17) is 0 Å². The number of sulfonamides is 1. The van der Waals surface area contributed by atoms with Crippen LogP contribution in [0.4, 0.5) is 0 Å². The van der Waals surface area contributed by atoms with Gasteiger partial charge in [0.05, 0.1) is 4.90 Å². The summed E-state index contributed by atoms with van der Waals surface area (Å²) in [7, 11) is 0.399. The lowest BCUT2D eigenvalue weighted by Crippen LogP contribution is -2.47. The summed E-state index contributed by atoms with van der Waals surface area (Å²) in [6, 6.07) is 14.8. The third kappa shape index (κ3) is 4.15. The van der Waals surface area contributed by atoms with Gasteiger partial charge in [-0.05, 0) is 62.7 Å². The molecular formula is C23H29N3O3S. The molecule has 0 aliphatic carbocycles. The summed E-state index contributed by atoms with van der Waals surface area (Å²) in [4.78, 5) is 17.3. The average molecular weight is 428 g/mol. The topological polar surface area (TPSA) is 60.9 Å². The second-order valence-corrected chi connectivity index (χ2v) is 10.3. The van der Waals surface area contributed by atoms with E-state index in [0.29, 0.717) is 44.2 Å². The zero-order valence-corrected chi connectivity index (χ0v) is 18.4. The fourth-order valence-corrected chi connectivity index (χ4v) is 5.82. The van der Waals surface area contributed by atoms with Gasteiger partial charge in [-0.15, -0.1) is 0 Å². The fraction of sp³-hybridized carbons (Fsp3) is 0.435. The number of carbonyl (C=O) groups excluding carboxylic acids is 1. The Morgan fingerprint density at radius 3 is 2.57 bits per heavy atom. The molecule has 4 rings (SSSR count). The van der Waals surface area contributed by atoms with E-state index in [1.165, 1.54) is 15.9 Å². The first-order valence-electron chi connectivity index (χ1n) is 10.5. The molecule has 160 valence electrons. The van der Waals surface area contributed by atoms with Crippen molar-refractivity contribution in [3.05, 3.63) is 65.2 Å². The molecule has 1 unspecified atom stereocenters. The number of likely N-dealkylation sites (N-methyl/N-ethyl adjacent to an activating group) is 1. The molecule has 1 amide bonds. The number of likely N-dealkylation sites (tertiary alicyclic amines) is 1. The number of carbonyl (C=O) groups is 1. The van der Waals surface area contributed by atoms with Crippen LogP contribution < -0.4 is 0 Å². The molecule has 2 aliphatic rings. The highest BCUT2D eigenvalue weighted by atomic mass is 32.2. The van der Waals surface area contributed by atoms with E-state index in [1.54, 1.807) is 18.2 Å². The molecule has 2 aliphatic heterocycles. The average Bonchev–Trinajstić information content (AvgIpc) is 2.78. The Morgan fingerprint density at radius 2 is 1.80 bits per heavy atom. The smallest absolute Gasteiger partial charge is 0.253 e. The van der Waals surface area contributed by atoms with Gasteiger partial charge >= 0.3 is 0 Å². The van der Waals surface area contributed by atoms with Gasteiger partial charge in [0.2, 0.25) is 10.0 Å². The third-order valence-corrected chi connectivity index (χ3v) is 8.07. The number of piperidine rings is 1. The molecule has 2 aromatic rings. The van der Waals surface area contributed by atoms with Crippen molar-refractivity contribution in [3.63, 3.8) is 0 Å². The number of hydrogen-bond donors (Lipinski definition) is 0. The van der Waals surface area contributed by atoms with Crippen molar-refractivity contribution < 1.29 is 13.2 Å². The predicted molar refractivity (Wildman–Crippen MR) is 117 cm³/mol. The molecule has 0 radical (unpaired) electrons. The van der Waals surface area contributed by atoms with Gasteiger partial charge in [0.25, 0.3) is 5.91 Å². The van der Waals surface area contributed by atoms with Crippen LogP contribution >= 0.6 is 0 Å². The van der Waals surface area contributed by atoms with Crippen LogP contribution in [0.2, 0.25) is 0 Å². The number of nitrogens with zero attached hydrogens (tertiary/aromatic N) is 3. The van der Waals surface area contributed by atoms with Crippen molar-refractivity contribution in [2.45, 2.75) is 36.7 Å². The monoisotopic (exact) mass is 427 g/mol. The van der Waals surface area contributed by atoms with Crippen LogP contribution in [0.5, 0.6) is 0 Å². The minimum Gasteiger partial charge on any atom is -0.337 e. The first-order valence-corrected chi connectivity index (χ1v) is 11.9. The van der Waals surface area contributed by atoms with E-state index in [9.17, 15) is 13.2 Å². The van der Waals surface area contributed by atoms with Gasteiger partial charge in [0, 0.05) is 37.8 Å². The summed E-state index contributed by atoms with van der Waals surface area (Å²) < 4.78 is 28.1. The number of benzene rings is 2. The molecule has 1 fully saturated rings. The Hall–Kier alpha value is -2.22. The molecule has 0 N–H and O–H groups in total. The van der Waals surface area contributed by atoms with Gasteiger partial charge in [-0.2, -0.15) is 4.31 Å². The SMILES string of the molecule is CN(C)C1CCCN(C(=O)c2cccc(S(=O)(=O)N3CCc4ccccc4C3)c2)C1. The van der Waals surface area contributed by atoms with Crippen molar-refractivity contribution in [3.8, 4) is 0 Å². The molecule has 7 heteroatoms. The second-order valence-electron chi connectivity index (χ2n) is 8.40. The van der Waals surface area contributed by atoms with E-state index >= 15 is 0 Å². The first-order chi connectivity index (χ1) is 14.4. The number of hydrogen-bond acceptors (Lipinski definition) is 4. The van der Waals surface area contributed by atoms with Crippen molar-refractivity contribution in [1.82, 2.24) is 14.1 Å². The molecule has 30 heavy (non-hydrogen) atoms. The Bertz CT molecular complexity index is 1040. The zero-order chi connectivity index (χ0) is 21.3. The van der Waals surface area contributed by atoms with E-state index in [2.05, 4.69) is 11.0 Å². The molecule has 1 atom stereocenters. The van der Waals surface area contributed by atoms with Gasteiger partial charge in [-0.1, -0.05) is 30.3 Å². The van der Waals surface area contributed by atoms with Gasteiger partial charge < -0.3 is 9.80 Å². The molecule has 0 saturated carbocycles. The van der Waals surface area contributed by atoms with E-state index in [-0.39, 0.29) is 10.8 Å². The van der Waals surface area contributed by atoms with E-state index in [0.717, 1.165) is 18.4 Å². The second kappa shape index (κ2) is 8.49. The van der Waals surface area contributed by atoms with E-state index < -0.39 is 10.0 Å². The number of fused-ring (bicyclic) bond motifs is 1. The summed E-state index contributed by atoms with van der Waals surface area (Å²) in [5.41, 5.74) is 2.68. The van der Waals surface area contributed by atoms with Crippen molar-refractivity contribution >= 4 is 15.9 Å². The zero-order valence-electron chi connectivity index (χ0n) is 17.6. The van der Waals surface area contributed by atoms with Gasteiger partial charge in [0.15, 0.2) is 0 Å². The van der Waals surface area contributed by atoms with Gasteiger partial charge in [-0.3, -0.25) is 4.79 Å². The molecule has 6 nitrogen and oxygen atoms in total. The lowest BCUT2D eigenvalue weighted by atomic mass is 10.0. The maximum absolute atomic E-state index is 13.3. The fourth-order valence-electron chi connectivity index (χ4n) is 4.36. The highest BCUT2D eigenvalue weighted by Gasteiger charge is 2.30. The Morgan fingerprint density at radius 1 is 1.03 bits per heavy atom. The Labute approximate surface area is 179 Å². The number of rotatable bonds is 4. The first kappa shape index (κ1) is 21.0. The molecular weight excluding hydrogens is 398 g/mol. The molecule has 1 saturated heterocycles. The standard InChI is InChI=1S/C23H29N3O3S/c1-24(2)21-10-6-13-25(17-21)23(27)19-9-5-11-22(15-19)30(28,29)26-14-12-18-7-3-4-8-20(18)16-26/h3-5,7-9,11,15,21H,6,10,12-14,16-17H2,1-2H3. The quantitative estimate of drug-likeness (QED) is 0.753. The maximum Gasteiger partial charge on any atom is 0.253 e. The lowest BCUT2D eigenvalue weighted by molar-refractivity contribution is 0.0635. The van der Waals surface area contributed by atoms with Crippen LogP contribution in [0.15, 0.2) is 53.4 Å². The van der Waals surface area contributed by atoms with Crippen LogP contribution in [-0.4, -0.2) is 68.2 Å². The summed E-state index contributed by atoms with van der Waals surface area (Å²) in [5.74, 6) is -0.0948. The van der Waals surface area contributed by atoms with Crippen LogP contribution in [0.3, 0.4) is 0 Å². The van der Waals surface area contributed by atoms with E-state index in [1.807, 2.05) is 37.2 Å². The largest absolute Gasteiger partial charge is 0.337 e. The van der Waals surface area contributed by atoms with Crippen molar-refractivity contribution in [1.29, 1.82) is 0 Å². The summed E-state index contributed by atoms with van der Waals surface area (Å²) in [6.45, 7) is 2.20. The summed E-state index contributed by atoms with van der Waals surface area (Å²) >= 11 is 0. The Balaban J connectivity index is 1.55. The molecule has 0 spiro atoms. The highest BCUT2D eigenvalue weighted by Crippen LogP contribution is 2.26. The number of amides is 1. The van der Waals surface area contributed by atoms with Gasteiger partial charge in [-0.25, -0.2) is 8.42 Å². The molecule has 0 bridgehead atoms. The highest BCUT2D eigenvalue weighted by molar-refractivity contribution is 7.89. The van der Waals surface area contributed by atoms with Crippen LogP contribution in [-0.2, 0) is 23.0 Å². The van der Waals surface area contributed by atoms with Crippen LogP contribution in [0.1, 0.15) is 34.3 Å². The van der Waals surface area contributed by atoms with Crippen molar-refractivity contribution in [2.24, 2.45) is 0 Å². The third-order valence-electron chi connectivity index (χ3n) is 6.23. The lowest BCUT2D eigenvalue weighted by Gasteiger charge is -2.36. The minimum atomic E-state index is -3.66. The Kier molecular flexibility index (Phi) is 5.95. The predicted octanol–water partition coefficient (Wildman–Crippen LogP) is 2.60. The summed E-state index contributed by atoms with van der Waals surface area (Å²) in [5, 5.41) is 0. The molecule has 0 aromatic heterocycles. The van der Waals surface area contributed by atoms with Crippen molar-refractivity contribution in [2.75, 3.05) is 33.7 Å². The van der Waals surface area contributed by atoms with Gasteiger partial charge in [0.1, 0.15) is 0 Å².